The lowest BCUT2D eigenvalue weighted by Gasteiger charge is -2.05. The molecular weight excluding hydrogens is 413 g/mol. The molecule has 0 aliphatic rings. The van der Waals surface area contributed by atoms with Gasteiger partial charge >= 0.3 is 12.1 Å². The Morgan fingerprint density at radius 2 is 1.77 bits per heavy atom. The Hall–Kier alpha value is -3.66. The van der Waals surface area contributed by atoms with Crippen molar-refractivity contribution in [3.05, 3.63) is 83.6 Å². The number of hydrogen-bond donors (Lipinski definition) is 3. The fourth-order valence-electron chi connectivity index (χ4n) is 2.89. The van der Waals surface area contributed by atoms with Crippen LogP contribution in [0.1, 0.15) is 28.9 Å². The van der Waals surface area contributed by atoms with Gasteiger partial charge in [-0.25, -0.2) is 4.79 Å². The predicted octanol–water partition coefficient (Wildman–Crippen LogP) is 4.02. The molecule has 0 saturated heterocycles. The number of nitrogens with two attached hydrogens (primary N) is 1. The molecule has 7 nitrogen and oxygen atoms in total. The van der Waals surface area contributed by atoms with Gasteiger partial charge in [0.25, 0.3) is 0 Å². The van der Waals surface area contributed by atoms with Crippen molar-refractivity contribution >= 4 is 16.9 Å². The summed E-state index contributed by atoms with van der Waals surface area (Å²) < 4.78 is 37.1. The van der Waals surface area contributed by atoms with Gasteiger partial charge in [-0.2, -0.15) is 18.2 Å². The number of carbonyl (C=O) groups is 1. The number of nitrogens with one attached hydrogen (secondary N) is 1. The molecule has 0 saturated carbocycles. The van der Waals surface area contributed by atoms with Gasteiger partial charge in [-0.15, -0.1) is 0 Å². The summed E-state index contributed by atoms with van der Waals surface area (Å²) in [6, 6.07) is 17.9. The Balaban J connectivity index is 0.000000339. The van der Waals surface area contributed by atoms with Crippen LogP contribution in [0, 0.1) is 0 Å². The average Bonchev–Trinajstić information content (AvgIpc) is 3.36. The van der Waals surface area contributed by atoms with Crippen molar-refractivity contribution in [3.63, 3.8) is 0 Å². The maximum atomic E-state index is 10.6. The van der Waals surface area contributed by atoms with E-state index in [1.165, 1.54) is 5.39 Å². The molecule has 0 aliphatic carbocycles. The molecule has 4 rings (SSSR count). The van der Waals surface area contributed by atoms with Crippen molar-refractivity contribution in [2.24, 2.45) is 5.73 Å². The van der Waals surface area contributed by atoms with E-state index in [0.29, 0.717) is 24.6 Å². The largest absolute Gasteiger partial charge is 0.490 e. The molecule has 2 aromatic carbocycles. The number of hydrogen-bond acceptors (Lipinski definition) is 5. The van der Waals surface area contributed by atoms with E-state index in [1.807, 2.05) is 48.7 Å². The topological polar surface area (TPSA) is 118 Å². The van der Waals surface area contributed by atoms with E-state index in [2.05, 4.69) is 27.3 Å². The minimum absolute atomic E-state index is 0.318. The number of aromatic nitrogens is 3. The lowest BCUT2D eigenvalue weighted by Crippen LogP contribution is -2.21. The van der Waals surface area contributed by atoms with Crippen molar-refractivity contribution in [1.82, 2.24) is 15.1 Å². The van der Waals surface area contributed by atoms with Gasteiger partial charge in [0, 0.05) is 23.5 Å². The third kappa shape index (κ3) is 5.92. The Morgan fingerprint density at radius 1 is 1.13 bits per heavy atom. The maximum Gasteiger partial charge on any atom is 0.490 e. The summed E-state index contributed by atoms with van der Waals surface area (Å²) in [6.45, 7) is 0. The average molecular weight is 432 g/mol. The Bertz CT molecular complexity index is 1140. The van der Waals surface area contributed by atoms with Gasteiger partial charge in [-0.05, 0) is 23.6 Å². The molecule has 4 aromatic rings. The third-order valence-electron chi connectivity index (χ3n) is 4.36. The van der Waals surface area contributed by atoms with Crippen molar-refractivity contribution in [2.75, 3.05) is 0 Å². The van der Waals surface area contributed by atoms with Crippen LogP contribution >= 0.6 is 0 Å². The normalized spacial score (nSPS) is 12.3. The van der Waals surface area contributed by atoms with Crippen LogP contribution in [-0.2, 0) is 17.6 Å². The number of H-pyrrole nitrogens is 1. The third-order valence-corrected chi connectivity index (χ3v) is 4.36. The second-order valence-corrected chi connectivity index (χ2v) is 6.68. The number of carboxylic acids is 1. The quantitative estimate of drug-likeness (QED) is 0.438. The van der Waals surface area contributed by atoms with Gasteiger partial charge in [0.1, 0.15) is 0 Å². The summed E-state index contributed by atoms with van der Waals surface area (Å²) in [5, 5.41) is 12.4. The van der Waals surface area contributed by atoms with Crippen LogP contribution in [0.2, 0.25) is 0 Å². The first-order valence-corrected chi connectivity index (χ1v) is 9.21. The number of halogens is 3. The minimum atomic E-state index is -5.08. The Morgan fingerprint density at radius 3 is 2.45 bits per heavy atom. The van der Waals surface area contributed by atoms with Gasteiger partial charge in [-0.1, -0.05) is 53.7 Å². The number of alkyl halides is 3. The van der Waals surface area contributed by atoms with Crippen LogP contribution in [0.3, 0.4) is 0 Å². The highest BCUT2D eigenvalue weighted by Gasteiger charge is 2.38. The Kier molecular flexibility index (Phi) is 6.71. The molecule has 162 valence electrons. The van der Waals surface area contributed by atoms with Crippen molar-refractivity contribution in [3.8, 4) is 0 Å². The van der Waals surface area contributed by atoms with Crippen LogP contribution in [0.5, 0.6) is 0 Å². The van der Waals surface area contributed by atoms with Crippen molar-refractivity contribution < 1.29 is 27.6 Å². The van der Waals surface area contributed by atoms with Crippen LogP contribution in [0.25, 0.3) is 10.9 Å². The maximum absolute atomic E-state index is 10.6. The SMILES string of the molecule is NC(Cc1c[nH]c2ccccc12)c1nc(Cc2ccccc2)no1.O=C(O)C(F)(F)F. The zero-order valence-electron chi connectivity index (χ0n) is 16.1. The van der Waals surface area contributed by atoms with E-state index in [0.717, 1.165) is 16.6 Å². The van der Waals surface area contributed by atoms with Gasteiger partial charge in [-0.3, -0.25) is 0 Å². The van der Waals surface area contributed by atoms with Crippen molar-refractivity contribution in [2.45, 2.75) is 25.1 Å². The summed E-state index contributed by atoms with van der Waals surface area (Å²) in [7, 11) is 0. The Labute approximate surface area is 174 Å². The molecule has 31 heavy (non-hydrogen) atoms. The van der Waals surface area contributed by atoms with E-state index >= 15 is 0 Å². The van der Waals surface area contributed by atoms with Crippen LogP contribution in [-0.4, -0.2) is 32.4 Å². The molecule has 1 atom stereocenters. The molecule has 0 amide bonds. The summed E-state index contributed by atoms with van der Waals surface area (Å²) in [5.74, 6) is -1.62. The molecular formula is C21H19F3N4O3. The molecule has 0 aliphatic heterocycles. The number of nitrogens with zero attached hydrogens (tertiary/aromatic N) is 2. The number of aromatic amines is 1. The number of fused-ring (bicyclic) bond motifs is 1. The van der Waals surface area contributed by atoms with E-state index in [-0.39, 0.29) is 6.04 Å². The zero-order chi connectivity index (χ0) is 22.4. The lowest BCUT2D eigenvalue weighted by molar-refractivity contribution is -0.192. The van der Waals surface area contributed by atoms with E-state index in [9.17, 15) is 13.2 Å². The fourth-order valence-corrected chi connectivity index (χ4v) is 2.89. The summed E-state index contributed by atoms with van der Waals surface area (Å²) in [4.78, 5) is 16.6. The second-order valence-electron chi connectivity index (χ2n) is 6.68. The first-order chi connectivity index (χ1) is 14.7. The molecule has 0 fully saturated rings. The van der Waals surface area contributed by atoms with Crippen LogP contribution < -0.4 is 5.73 Å². The molecule has 4 N–H and O–H groups in total. The second kappa shape index (κ2) is 9.43. The van der Waals surface area contributed by atoms with Gasteiger partial charge < -0.3 is 20.3 Å². The smallest absolute Gasteiger partial charge is 0.475 e. The fraction of sp³-hybridized carbons (Fsp3) is 0.190. The first kappa shape index (κ1) is 22.0. The summed E-state index contributed by atoms with van der Waals surface area (Å²) in [5.41, 5.74) is 9.68. The van der Waals surface area contributed by atoms with Gasteiger partial charge in [0.05, 0.1) is 6.04 Å². The molecule has 0 spiro atoms. The van der Waals surface area contributed by atoms with Crippen molar-refractivity contribution in [1.29, 1.82) is 0 Å². The van der Waals surface area contributed by atoms with Gasteiger partial charge in [0.15, 0.2) is 5.82 Å². The predicted molar refractivity (Wildman–Crippen MR) is 106 cm³/mol. The first-order valence-electron chi connectivity index (χ1n) is 9.21. The number of benzene rings is 2. The molecule has 10 heteroatoms. The highest BCUT2D eigenvalue weighted by atomic mass is 19.4. The van der Waals surface area contributed by atoms with Gasteiger partial charge in [0.2, 0.25) is 5.89 Å². The lowest BCUT2D eigenvalue weighted by atomic mass is 10.1. The molecule has 2 aromatic heterocycles. The van der Waals surface area contributed by atoms with E-state index < -0.39 is 12.1 Å². The summed E-state index contributed by atoms with van der Waals surface area (Å²) in [6.07, 6.45) is -1.80. The monoisotopic (exact) mass is 432 g/mol. The highest BCUT2D eigenvalue weighted by molar-refractivity contribution is 5.83. The van der Waals surface area contributed by atoms with E-state index in [1.54, 1.807) is 0 Å². The zero-order valence-corrected chi connectivity index (χ0v) is 16.1. The summed E-state index contributed by atoms with van der Waals surface area (Å²) >= 11 is 0. The number of carboxylic acid groups (broad SMARTS) is 1. The molecule has 2 heterocycles. The standard InChI is InChI=1S/C19H18N4O.C2HF3O2/c20-16(11-14-12-21-17-9-5-4-8-15(14)17)19-22-18(23-24-19)10-13-6-2-1-3-7-13;3-2(4,5)1(6)7/h1-9,12,16,21H,10-11,20H2;(H,6,7). The number of aliphatic carboxylic acids is 1. The van der Waals surface area contributed by atoms with Crippen LogP contribution in [0.4, 0.5) is 13.2 Å². The molecule has 0 radical (unpaired) electrons. The van der Waals surface area contributed by atoms with E-state index in [4.69, 9.17) is 20.2 Å². The minimum Gasteiger partial charge on any atom is -0.475 e. The molecule has 0 bridgehead atoms. The number of rotatable bonds is 5. The number of para-hydroxylation sites is 1. The molecule has 1 unspecified atom stereocenters. The highest BCUT2D eigenvalue weighted by Crippen LogP contribution is 2.22. The van der Waals surface area contributed by atoms with Crippen LogP contribution in [0.15, 0.2) is 65.3 Å².